The average Bonchev–Trinajstić information content (AvgIpc) is 2.53. The molecular formula is C19H31N3O3. The van der Waals surface area contributed by atoms with E-state index in [-0.39, 0.29) is 17.9 Å². The van der Waals surface area contributed by atoms with Gasteiger partial charge in [-0.1, -0.05) is 44.2 Å². The number of benzene rings is 1. The maximum atomic E-state index is 12.3. The molecule has 0 spiro atoms. The average molecular weight is 349 g/mol. The Kier molecular flexibility index (Phi) is 8.58. The van der Waals surface area contributed by atoms with Crippen LogP contribution in [0.1, 0.15) is 39.7 Å². The summed E-state index contributed by atoms with van der Waals surface area (Å²) in [4.78, 5) is 24.6. The largest absolute Gasteiger partial charge is 0.382 e. The van der Waals surface area contributed by atoms with Gasteiger partial charge in [0.25, 0.3) is 5.91 Å². The molecule has 1 rings (SSSR count). The van der Waals surface area contributed by atoms with E-state index in [0.29, 0.717) is 12.8 Å². The highest BCUT2D eigenvalue weighted by atomic mass is 16.3. The smallest absolute Gasteiger partial charge is 0.251 e. The van der Waals surface area contributed by atoms with Crippen molar-refractivity contribution in [2.24, 2.45) is 11.7 Å². The minimum absolute atomic E-state index is 0.0238. The number of nitrogens with two attached hydrogens (primary N) is 1. The first kappa shape index (κ1) is 21.1. The van der Waals surface area contributed by atoms with Gasteiger partial charge in [-0.2, -0.15) is 0 Å². The van der Waals surface area contributed by atoms with Crippen LogP contribution in [0.4, 0.5) is 0 Å². The Morgan fingerprint density at radius 3 is 2.16 bits per heavy atom. The van der Waals surface area contributed by atoms with Gasteiger partial charge >= 0.3 is 0 Å². The molecule has 2 amide bonds. The number of hydrogen-bond acceptors (Lipinski definition) is 4. The summed E-state index contributed by atoms with van der Waals surface area (Å²) in [5.41, 5.74) is 6.92. The van der Waals surface area contributed by atoms with Gasteiger partial charge in [-0.25, -0.2) is 0 Å². The summed E-state index contributed by atoms with van der Waals surface area (Å²) in [5.74, 6) is -0.646. The number of hydrogen-bond donors (Lipinski definition) is 4. The third kappa shape index (κ3) is 7.67. The first-order valence-corrected chi connectivity index (χ1v) is 8.79. The van der Waals surface area contributed by atoms with Gasteiger partial charge in [-0.05, 0) is 38.2 Å². The van der Waals surface area contributed by atoms with E-state index in [0.717, 1.165) is 5.56 Å². The van der Waals surface area contributed by atoms with Gasteiger partial charge in [-0.3, -0.25) is 9.59 Å². The molecule has 0 bridgehead atoms. The zero-order valence-corrected chi connectivity index (χ0v) is 15.5. The molecule has 0 heterocycles. The third-order valence-corrected chi connectivity index (χ3v) is 3.76. The molecule has 5 N–H and O–H groups in total. The molecule has 140 valence electrons. The van der Waals surface area contributed by atoms with Crippen LogP contribution in [-0.4, -0.2) is 41.2 Å². The SMILES string of the molecule is CC(C)C[C@H](NC(=O)[C@@H](O)[C@H](N)Cc1ccccc1)C(=O)NC(C)C. The van der Waals surface area contributed by atoms with Crippen LogP contribution in [0.5, 0.6) is 0 Å². The molecule has 1 aromatic carbocycles. The van der Waals surface area contributed by atoms with Crippen LogP contribution in [0.2, 0.25) is 0 Å². The highest BCUT2D eigenvalue weighted by molar-refractivity contribution is 5.89. The highest BCUT2D eigenvalue weighted by Crippen LogP contribution is 2.08. The monoisotopic (exact) mass is 349 g/mol. The highest BCUT2D eigenvalue weighted by Gasteiger charge is 2.28. The van der Waals surface area contributed by atoms with Crippen LogP contribution < -0.4 is 16.4 Å². The van der Waals surface area contributed by atoms with E-state index in [1.807, 2.05) is 58.0 Å². The first-order chi connectivity index (χ1) is 11.7. The van der Waals surface area contributed by atoms with Crippen LogP contribution in [0.15, 0.2) is 30.3 Å². The Hall–Kier alpha value is -1.92. The van der Waals surface area contributed by atoms with Crippen molar-refractivity contribution < 1.29 is 14.7 Å². The second kappa shape index (κ2) is 10.2. The Morgan fingerprint density at radius 2 is 1.64 bits per heavy atom. The van der Waals surface area contributed by atoms with Crippen molar-refractivity contribution >= 4 is 11.8 Å². The van der Waals surface area contributed by atoms with Crippen molar-refractivity contribution in [3.63, 3.8) is 0 Å². The van der Waals surface area contributed by atoms with Gasteiger partial charge in [0.1, 0.15) is 12.1 Å². The number of aliphatic hydroxyl groups is 1. The summed E-state index contributed by atoms with van der Waals surface area (Å²) in [6.07, 6.45) is -0.505. The summed E-state index contributed by atoms with van der Waals surface area (Å²) in [5, 5.41) is 15.7. The van der Waals surface area contributed by atoms with Gasteiger partial charge < -0.3 is 21.5 Å². The summed E-state index contributed by atoms with van der Waals surface area (Å²) in [7, 11) is 0. The first-order valence-electron chi connectivity index (χ1n) is 8.79. The van der Waals surface area contributed by atoms with Gasteiger partial charge in [0, 0.05) is 12.1 Å². The van der Waals surface area contributed by atoms with Crippen LogP contribution >= 0.6 is 0 Å². The van der Waals surface area contributed by atoms with Gasteiger partial charge in [0.05, 0.1) is 0 Å². The van der Waals surface area contributed by atoms with Crippen molar-refractivity contribution in [2.75, 3.05) is 0 Å². The lowest BCUT2D eigenvalue weighted by molar-refractivity contribution is -0.135. The summed E-state index contributed by atoms with van der Waals surface area (Å²) in [6.45, 7) is 7.66. The van der Waals surface area contributed by atoms with E-state index in [4.69, 9.17) is 5.73 Å². The lowest BCUT2D eigenvalue weighted by atomic mass is 9.99. The predicted molar refractivity (Wildman–Crippen MR) is 98.8 cm³/mol. The van der Waals surface area contributed by atoms with Crippen LogP contribution in [-0.2, 0) is 16.0 Å². The maximum absolute atomic E-state index is 12.3. The summed E-state index contributed by atoms with van der Waals surface area (Å²) < 4.78 is 0. The Morgan fingerprint density at radius 1 is 1.04 bits per heavy atom. The third-order valence-electron chi connectivity index (χ3n) is 3.76. The van der Waals surface area contributed by atoms with Crippen molar-refractivity contribution in [3.8, 4) is 0 Å². The summed E-state index contributed by atoms with van der Waals surface area (Å²) >= 11 is 0. The quantitative estimate of drug-likeness (QED) is 0.533. The molecular weight excluding hydrogens is 318 g/mol. The van der Waals surface area contributed by atoms with E-state index in [1.165, 1.54) is 0 Å². The number of carbonyl (C=O) groups is 2. The van der Waals surface area contributed by atoms with Crippen molar-refractivity contribution in [1.82, 2.24) is 10.6 Å². The Bertz CT molecular complexity index is 546. The summed E-state index contributed by atoms with van der Waals surface area (Å²) in [6, 6.07) is 7.98. The molecule has 6 heteroatoms. The van der Waals surface area contributed by atoms with Gasteiger partial charge in [0.15, 0.2) is 0 Å². The molecule has 3 atom stereocenters. The van der Waals surface area contributed by atoms with Gasteiger partial charge in [-0.15, -0.1) is 0 Å². The minimum atomic E-state index is -1.37. The topological polar surface area (TPSA) is 104 Å². The Balaban J connectivity index is 2.68. The lowest BCUT2D eigenvalue weighted by Gasteiger charge is -2.24. The number of amides is 2. The molecule has 25 heavy (non-hydrogen) atoms. The molecule has 0 aliphatic carbocycles. The number of rotatable bonds is 9. The molecule has 0 fully saturated rings. The molecule has 0 aliphatic heterocycles. The van der Waals surface area contributed by atoms with Crippen molar-refractivity contribution in [1.29, 1.82) is 0 Å². The minimum Gasteiger partial charge on any atom is -0.382 e. The van der Waals surface area contributed by atoms with E-state index in [9.17, 15) is 14.7 Å². The lowest BCUT2D eigenvalue weighted by Crippen LogP contribution is -2.55. The molecule has 0 unspecified atom stereocenters. The van der Waals surface area contributed by atoms with Crippen molar-refractivity contribution in [3.05, 3.63) is 35.9 Å². The molecule has 0 saturated heterocycles. The zero-order chi connectivity index (χ0) is 19.0. The normalized spacial score (nSPS) is 14.9. The number of nitrogens with one attached hydrogen (secondary N) is 2. The molecule has 0 saturated carbocycles. The maximum Gasteiger partial charge on any atom is 0.251 e. The van der Waals surface area contributed by atoms with Crippen LogP contribution in [0.25, 0.3) is 0 Å². The molecule has 0 aromatic heterocycles. The zero-order valence-electron chi connectivity index (χ0n) is 15.5. The van der Waals surface area contributed by atoms with Crippen molar-refractivity contribution in [2.45, 2.75) is 64.8 Å². The van der Waals surface area contributed by atoms with Crippen LogP contribution in [0.3, 0.4) is 0 Å². The second-order valence-corrected chi connectivity index (χ2v) is 7.15. The number of aliphatic hydroxyl groups excluding tert-OH is 1. The fraction of sp³-hybridized carbons (Fsp3) is 0.579. The fourth-order valence-corrected chi connectivity index (χ4v) is 2.54. The van der Waals surface area contributed by atoms with Crippen LogP contribution in [0, 0.1) is 5.92 Å². The predicted octanol–water partition coefficient (Wildman–Crippen LogP) is 0.973. The van der Waals surface area contributed by atoms with E-state index in [2.05, 4.69) is 10.6 Å². The van der Waals surface area contributed by atoms with E-state index < -0.39 is 24.1 Å². The second-order valence-electron chi connectivity index (χ2n) is 7.15. The van der Waals surface area contributed by atoms with E-state index in [1.54, 1.807) is 0 Å². The van der Waals surface area contributed by atoms with E-state index >= 15 is 0 Å². The fourth-order valence-electron chi connectivity index (χ4n) is 2.54. The molecule has 0 aliphatic rings. The van der Waals surface area contributed by atoms with Gasteiger partial charge in [0.2, 0.25) is 5.91 Å². The molecule has 6 nitrogen and oxygen atoms in total. The Labute approximate surface area is 150 Å². The number of carbonyl (C=O) groups excluding carboxylic acids is 2. The standard InChI is InChI=1S/C19H31N3O3/c1-12(2)10-16(18(24)21-13(3)4)22-19(25)17(23)15(20)11-14-8-6-5-7-9-14/h5-9,12-13,15-17,23H,10-11,20H2,1-4H3,(H,21,24)(H,22,25)/t15-,16+,17+/m1/s1. The molecule has 1 aromatic rings. The molecule has 0 radical (unpaired) electrons.